The molecule has 0 bridgehead atoms. The summed E-state index contributed by atoms with van der Waals surface area (Å²) in [6.07, 6.45) is 0. The van der Waals surface area contributed by atoms with Crippen molar-refractivity contribution in [3.63, 3.8) is 0 Å². The van der Waals surface area contributed by atoms with Crippen molar-refractivity contribution >= 4 is 5.97 Å². The van der Waals surface area contributed by atoms with Crippen LogP contribution in [-0.4, -0.2) is 28.7 Å². The van der Waals surface area contributed by atoms with Gasteiger partial charge in [-0.2, -0.15) is 0 Å². The van der Waals surface area contributed by atoms with E-state index < -0.39 is 17.8 Å². The highest BCUT2D eigenvalue weighted by molar-refractivity contribution is 5.79. The van der Waals surface area contributed by atoms with Crippen LogP contribution < -0.4 is 5.73 Å². The van der Waals surface area contributed by atoms with Crippen molar-refractivity contribution < 1.29 is 19.7 Å². The van der Waals surface area contributed by atoms with Gasteiger partial charge in [-0.25, -0.2) is 0 Å². The Morgan fingerprint density at radius 3 is 2.09 bits per heavy atom. The van der Waals surface area contributed by atoms with E-state index >= 15 is 0 Å². The lowest BCUT2D eigenvalue weighted by Crippen LogP contribution is -2.49. The minimum absolute atomic E-state index is 0.0666. The SMILES string of the molecule is CC(C(=O)OCC1c2ccccc2-c2ccccc21)C(N)(O)O. The van der Waals surface area contributed by atoms with E-state index in [0.717, 1.165) is 22.3 Å². The van der Waals surface area contributed by atoms with E-state index in [4.69, 9.17) is 10.5 Å². The van der Waals surface area contributed by atoms with Crippen LogP contribution in [0.4, 0.5) is 0 Å². The van der Waals surface area contributed by atoms with Crippen LogP contribution in [0.5, 0.6) is 0 Å². The number of carbonyl (C=O) groups excluding carboxylic acids is 1. The molecule has 5 heteroatoms. The summed E-state index contributed by atoms with van der Waals surface area (Å²) in [5, 5.41) is 18.6. The first-order valence-corrected chi connectivity index (χ1v) is 7.48. The Kier molecular flexibility index (Phi) is 3.93. The number of hydrogen-bond donors (Lipinski definition) is 3. The molecule has 1 unspecified atom stereocenters. The van der Waals surface area contributed by atoms with Gasteiger partial charge in [-0.05, 0) is 29.2 Å². The van der Waals surface area contributed by atoms with Crippen LogP contribution in [0.2, 0.25) is 0 Å². The maximum absolute atomic E-state index is 11.9. The van der Waals surface area contributed by atoms with Gasteiger partial charge in [-0.3, -0.25) is 10.5 Å². The Hall–Kier alpha value is -2.21. The summed E-state index contributed by atoms with van der Waals surface area (Å²) in [6, 6.07) is 16.0. The monoisotopic (exact) mass is 313 g/mol. The maximum Gasteiger partial charge on any atom is 0.315 e. The van der Waals surface area contributed by atoms with E-state index in [1.165, 1.54) is 6.92 Å². The fourth-order valence-electron chi connectivity index (χ4n) is 2.90. The van der Waals surface area contributed by atoms with Crippen LogP contribution in [0.25, 0.3) is 11.1 Å². The lowest BCUT2D eigenvalue weighted by atomic mass is 9.98. The molecular formula is C18H19NO4. The molecule has 0 aromatic heterocycles. The Bertz CT molecular complexity index is 690. The van der Waals surface area contributed by atoms with E-state index in [9.17, 15) is 15.0 Å². The molecule has 0 aliphatic heterocycles. The van der Waals surface area contributed by atoms with Gasteiger partial charge in [-0.15, -0.1) is 0 Å². The van der Waals surface area contributed by atoms with Crippen LogP contribution in [-0.2, 0) is 9.53 Å². The van der Waals surface area contributed by atoms with Gasteiger partial charge in [0.25, 0.3) is 0 Å². The number of fused-ring (bicyclic) bond motifs is 3. The lowest BCUT2D eigenvalue weighted by Gasteiger charge is -2.23. The molecule has 0 saturated carbocycles. The first-order valence-electron chi connectivity index (χ1n) is 7.48. The van der Waals surface area contributed by atoms with E-state index in [0.29, 0.717) is 0 Å². The van der Waals surface area contributed by atoms with Gasteiger partial charge in [-0.1, -0.05) is 48.5 Å². The fraction of sp³-hybridized carbons (Fsp3) is 0.278. The lowest BCUT2D eigenvalue weighted by molar-refractivity contribution is -0.206. The highest BCUT2D eigenvalue weighted by Crippen LogP contribution is 2.44. The number of benzene rings is 2. The summed E-state index contributed by atoms with van der Waals surface area (Å²) in [5.41, 5.74) is 9.59. The van der Waals surface area contributed by atoms with Crippen LogP contribution in [0.1, 0.15) is 24.0 Å². The normalized spacial score (nSPS) is 15.0. The van der Waals surface area contributed by atoms with E-state index in [1.54, 1.807) is 0 Å². The Morgan fingerprint density at radius 2 is 1.61 bits per heavy atom. The van der Waals surface area contributed by atoms with Crippen molar-refractivity contribution in [2.24, 2.45) is 11.7 Å². The Labute approximate surface area is 134 Å². The zero-order valence-electron chi connectivity index (χ0n) is 12.8. The third kappa shape index (κ3) is 2.86. The van der Waals surface area contributed by atoms with Crippen molar-refractivity contribution in [2.45, 2.75) is 18.8 Å². The zero-order chi connectivity index (χ0) is 16.6. The van der Waals surface area contributed by atoms with Gasteiger partial charge >= 0.3 is 5.97 Å². The summed E-state index contributed by atoms with van der Waals surface area (Å²) >= 11 is 0. The van der Waals surface area contributed by atoms with Crippen LogP contribution >= 0.6 is 0 Å². The molecule has 0 radical (unpaired) electrons. The molecule has 1 atom stereocenters. The summed E-state index contributed by atoms with van der Waals surface area (Å²) in [6.45, 7) is 1.45. The molecule has 1 aliphatic rings. The van der Waals surface area contributed by atoms with Crippen molar-refractivity contribution in [1.29, 1.82) is 0 Å². The van der Waals surface area contributed by atoms with E-state index in [1.807, 2.05) is 48.5 Å². The zero-order valence-corrected chi connectivity index (χ0v) is 12.8. The van der Waals surface area contributed by atoms with Crippen molar-refractivity contribution in [3.05, 3.63) is 59.7 Å². The van der Waals surface area contributed by atoms with Crippen molar-refractivity contribution in [3.8, 4) is 11.1 Å². The minimum Gasteiger partial charge on any atom is -0.464 e. The smallest absolute Gasteiger partial charge is 0.315 e. The van der Waals surface area contributed by atoms with Gasteiger partial charge in [0.2, 0.25) is 5.91 Å². The van der Waals surface area contributed by atoms with Gasteiger partial charge < -0.3 is 14.9 Å². The van der Waals surface area contributed by atoms with Crippen molar-refractivity contribution in [1.82, 2.24) is 0 Å². The summed E-state index contributed by atoms with van der Waals surface area (Å²) in [7, 11) is 0. The Morgan fingerprint density at radius 1 is 1.13 bits per heavy atom. The second-order valence-corrected chi connectivity index (χ2v) is 5.86. The number of ether oxygens (including phenoxy) is 1. The summed E-state index contributed by atoms with van der Waals surface area (Å²) < 4.78 is 5.29. The molecule has 120 valence electrons. The topological polar surface area (TPSA) is 92.8 Å². The minimum atomic E-state index is -2.58. The average molecular weight is 313 g/mol. The average Bonchev–Trinajstić information content (AvgIpc) is 2.85. The molecule has 1 aliphatic carbocycles. The molecule has 0 amide bonds. The van der Waals surface area contributed by atoms with Gasteiger partial charge in [0.15, 0.2) is 0 Å². The number of esters is 1. The fourth-order valence-corrected chi connectivity index (χ4v) is 2.90. The second kappa shape index (κ2) is 5.77. The first-order chi connectivity index (χ1) is 10.9. The second-order valence-electron chi connectivity index (χ2n) is 5.86. The number of hydrogen-bond acceptors (Lipinski definition) is 5. The molecule has 4 N–H and O–H groups in total. The van der Waals surface area contributed by atoms with Gasteiger partial charge in [0, 0.05) is 5.92 Å². The number of rotatable bonds is 4. The quantitative estimate of drug-likeness (QED) is 0.588. The van der Waals surface area contributed by atoms with Crippen LogP contribution in [0.3, 0.4) is 0 Å². The summed E-state index contributed by atoms with van der Waals surface area (Å²) in [5.74, 6) is -4.61. The maximum atomic E-state index is 11.9. The Balaban J connectivity index is 1.83. The molecular weight excluding hydrogens is 294 g/mol. The van der Waals surface area contributed by atoms with Gasteiger partial charge in [0.05, 0.1) is 0 Å². The van der Waals surface area contributed by atoms with Crippen molar-refractivity contribution in [2.75, 3.05) is 6.61 Å². The predicted octanol–water partition coefficient (Wildman–Crippen LogP) is 1.58. The molecule has 0 fully saturated rings. The van der Waals surface area contributed by atoms with E-state index in [-0.39, 0.29) is 12.5 Å². The molecule has 23 heavy (non-hydrogen) atoms. The molecule has 5 nitrogen and oxygen atoms in total. The molecule has 2 aromatic carbocycles. The molecule has 0 saturated heterocycles. The van der Waals surface area contributed by atoms with E-state index in [2.05, 4.69) is 0 Å². The first kappa shape index (κ1) is 15.7. The standard InChI is InChI=1S/C18H19NO4/c1-11(18(19,21)22)17(20)23-10-16-14-8-4-2-6-12(14)13-7-3-5-9-15(13)16/h2-9,11,16,21-22H,10,19H2,1H3. The third-order valence-corrected chi connectivity index (χ3v) is 4.35. The molecule has 0 spiro atoms. The third-order valence-electron chi connectivity index (χ3n) is 4.35. The molecule has 2 aromatic rings. The highest BCUT2D eigenvalue weighted by atomic mass is 16.6. The highest BCUT2D eigenvalue weighted by Gasteiger charge is 2.35. The summed E-state index contributed by atoms with van der Waals surface area (Å²) in [4.78, 5) is 11.9. The predicted molar refractivity (Wildman–Crippen MR) is 85.2 cm³/mol. The number of nitrogens with two attached hydrogens (primary N) is 1. The number of aliphatic hydroxyl groups is 2. The molecule has 0 heterocycles. The van der Waals surface area contributed by atoms with Crippen LogP contribution in [0.15, 0.2) is 48.5 Å². The number of carbonyl (C=O) groups is 1. The van der Waals surface area contributed by atoms with Gasteiger partial charge in [0.1, 0.15) is 12.5 Å². The van der Waals surface area contributed by atoms with Crippen LogP contribution in [0, 0.1) is 5.92 Å². The largest absolute Gasteiger partial charge is 0.464 e. The molecule has 3 rings (SSSR count).